The molecule has 1 unspecified atom stereocenters. The largest absolute Gasteiger partial charge is 0.497 e. The van der Waals surface area contributed by atoms with Crippen molar-refractivity contribution in [3.05, 3.63) is 135 Å². The molecule has 5 aromatic rings. The highest BCUT2D eigenvalue weighted by Crippen LogP contribution is 2.44. The zero-order valence-corrected chi connectivity index (χ0v) is 23.5. The summed E-state index contributed by atoms with van der Waals surface area (Å²) in [5.74, 6) is 0.688. The van der Waals surface area contributed by atoms with E-state index >= 15 is 0 Å². The first-order chi connectivity index (χ1) is 19.9. The van der Waals surface area contributed by atoms with Crippen LogP contribution in [0.1, 0.15) is 41.3 Å². The van der Waals surface area contributed by atoms with Crippen LogP contribution in [0.2, 0.25) is 5.02 Å². The van der Waals surface area contributed by atoms with Crippen molar-refractivity contribution in [2.45, 2.75) is 25.4 Å². The first kappa shape index (κ1) is 26.7. The second-order valence-corrected chi connectivity index (χ2v) is 10.6. The van der Waals surface area contributed by atoms with Crippen LogP contribution < -0.4 is 15.6 Å². The second kappa shape index (κ2) is 11.1. The molecule has 1 heterocycles. The van der Waals surface area contributed by atoms with E-state index in [1.807, 2.05) is 73.7 Å². The summed E-state index contributed by atoms with van der Waals surface area (Å²) in [7, 11) is 1.61. The maximum atomic E-state index is 13.7. The highest BCUT2D eigenvalue weighted by Gasteiger charge is 2.29. The summed E-state index contributed by atoms with van der Waals surface area (Å²) in [6.07, 6.45) is -0.547. The number of amides is 1. The third kappa shape index (κ3) is 5.07. The lowest BCUT2D eigenvalue weighted by Gasteiger charge is -2.22. The van der Waals surface area contributed by atoms with Gasteiger partial charge in [-0.05, 0) is 64.4 Å². The molecule has 206 valence electrons. The number of hydrogen-bond donors (Lipinski definition) is 1. The van der Waals surface area contributed by atoms with Crippen LogP contribution in [-0.4, -0.2) is 24.4 Å². The number of ether oxygens (including phenoxy) is 2. The van der Waals surface area contributed by atoms with Crippen LogP contribution in [0.25, 0.3) is 21.9 Å². The number of rotatable bonds is 7. The number of hydrogen-bond acceptors (Lipinski definition) is 4. The van der Waals surface area contributed by atoms with E-state index in [0.29, 0.717) is 28.0 Å². The molecule has 7 heteroatoms. The van der Waals surface area contributed by atoms with Gasteiger partial charge in [-0.25, -0.2) is 4.79 Å². The topological polar surface area (TPSA) is 69.6 Å². The maximum absolute atomic E-state index is 13.7. The summed E-state index contributed by atoms with van der Waals surface area (Å²) < 4.78 is 12.7. The van der Waals surface area contributed by atoms with Crippen molar-refractivity contribution >= 4 is 28.5 Å². The first-order valence-corrected chi connectivity index (χ1v) is 13.9. The number of methoxy groups -OCH3 is 1. The van der Waals surface area contributed by atoms with Crippen molar-refractivity contribution in [1.82, 2.24) is 9.88 Å². The van der Waals surface area contributed by atoms with Gasteiger partial charge in [-0.3, -0.25) is 4.79 Å². The van der Waals surface area contributed by atoms with Crippen molar-refractivity contribution in [2.75, 3.05) is 13.7 Å². The van der Waals surface area contributed by atoms with E-state index in [1.165, 1.54) is 11.1 Å². The average Bonchev–Trinajstić information content (AvgIpc) is 3.31. The highest BCUT2D eigenvalue weighted by molar-refractivity contribution is 6.35. The summed E-state index contributed by atoms with van der Waals surface area (Å²) in [5.41, 5.74) is 5.97. The highest BCUT2D eigenvalue weighted by atomic mass is 35.5. The van der Waals surface area contributed by atoms with Crippen LogP contribution in [-0.2, 0) is 11.3 Å². The number of alkyl carbamates (subject to hydrolysis) is 1. The molecule has 41 heavy (non-hydrogen) atoms. The van der Waals surface area contributed by atoms with Crippen LogP contribution in [0.4, 0.5) is 4.79 Å². The van der Waals surface area contributed by atoms with Gasteiger partial charge < -0.3 is 19.4 Å². The molecule has 1 aromatic heterocycles. The Morgan fingerprint density at radius 2 is 1.59 bits per heavy atom. The quantitative estimate of drug-likeness (QED) is 0.225. The smallest absolute Gasteiger partial charge is 0.407 e. The average molecular weight is 565 g/mol. The molecule has 0 bridgehead atoms. The number of halogens is 1. The minimum absolute atomic E-state index is 0.0421. The lowest BCUT2D eigenvalue weighted by atomic mass is 9.98. The van der Waals surface area contributed by atoms with Crippen molar-refractivity contribution in [2.24, 2.45) is 0 Å². The standard InChI is InChI=1S/C34H29ClN2O4/c1-21(36-34(39)41-20-29-27-11-5-3-9-25(27)26-10-4-6-12-28(26)29)31-18-23-8-7-13-30(35)32(23)33(38)37(31)19-22-14-16-24(40-2)17-15-22/h3-18,21,29H,19-20H2,1-2H3,(H,36,39). The van der Waals surface area contributed by atoms with E-state index in [4.69, 9.17) is 21.1 Å². The van der Waals surface area contributed by atoms with Gasteiger partial charge in [0.1, 0.15) is 12.4 Å². The molecule has 1 aliphatic rings. The molecule has 4 aromatic carbocycles. The van der Waals surface area contributed by atoms with Crippen LogP contribution in [0.15, 0.2) is 102 Å². The Bertz CT molecular complexity index is 1770. The number of pyridine rings is 1. The fourth-order valence-electron chi connectivity index (χ4n) is 5.70. The van der Waals surface area contributed by atoms with Crippen LogP contribution in [0, 0.1) is 0 Å². The minimum Gasteiger partial charge on any atom is -0.497 e. The van der Waals surface area contributed by atoms with Crippen molar-refractivity contribution in [1.29, 1.82) is 0 Å². The third-order valence-electron chi connectivity index (χ3n) is 7.74. The Labute approximate surface area is 243 Å². The van der Waals surface area contributed by atoms with Gasteiger partial charge in [0.15, 0.2) is 0 Å². The van der Waals surface area contributed by atoms with Crippen molar-refractivity contribution in [3.8, 4) is 16.9 Å². The van der Waals surface area contributed by atoms with E-state index in [-0.39, 0.29) is 18.1 Å². The number of nitrogens with zero attached hydrogens (tertiary/aromatic N) is 1. The van der Waals surface area contributed by atoms with Crippen LogP contribution in [0.3, 0.4) is 0 Å². The number of benzene rings is 4. The second-order valence-electron chi connectivity index (χ2n) is 10.2. The van der Waals surface area contributed by atoms with Gasteiger partial charge in [-0.1, -0.05) is 84.4 Å². The van der Waals surface area contributed by atoms with E-state index < -0.39 is 12.1 Å². The molecule has 0 spiro atoms. The predicted octanol–water partition coefficient (Wildman–Crippen LogP) is 7.31. The molecule has 0 fully saturated rings. The van der Waals surface area contributed by atoms with Gasteiger partial charge in [-0.2, -0.15) is 0 Å². The van der Waals surface area contributed by atoms with Crippen LogP contribution in [0.5, 0.6) is 5.75 Å². The summed E-state index contributed by atoms with van der Waals surface area (Å²) in [6.45, 7) is 2.35. The number of aromatic nitrogens is 1. The van der Waals surface area contributed by atoms with Gasteiger partial charge in [0.2, 0.25) is 0 Å². The predicted molar refractivity (Wildman–Crippen MR) is 162 cm³/mol. The zero-order valence-electron chi connectivity index (χ0n) is 22.8. The van der Waals surface area contributed by atoms with E-state index in [2.05, 4.69) is 29.6 Å². The molecular formula is C34H29ClN2O4. The fourth-order valence-corrected chi connectivity index (χ4v) is 5.97. The maximum Gasteiger partial charge on any atom is 0.407 e. The molecule has 0 saturated heterocycles. The summed E-state index contributed by atoms with van der Waals surface area (Å²) >= 11 is 6.45. The molecule has 0 aliphatic heterocycles. The first-order valence-electron chi connectivity index (χ1n) is 13.5. The molecule has 1 atom stereocenters. The molecule has 6 nitrogen and oxygen atoms in total. The van der Waals surface area contributed by atoms with E-state index in [0.717, 1.165) is 22.4 Å². The minimum atomic E-state index is -0.547. The summed E-state index contributed by atoms with van der Waals surface area (Å²) in [5, 5.41) is 4.49. The fraction of sp³-hybridized carbons (Fsp3) is 0.176. The van der Waals surface area contributed by atoms with Crippen molar-refractivity contribution < 1.29 is 14.3 Å². The number of fused-ring (bicyclic) bond motifs is 4. The normalized spacial score (nSPS) is 13.0. The van der Waals surface area contributed by atoms with Crippen molar-refractivity contribution in [3.63, 3.8) is 0 Å². The molecule has 1 amide bonds. The Hall–Kier alpha value is -4.55. The van der Waals surface area contributed by atoms with Gasteiger partial charge in [0.25, 0.3) is 5.56 Å². The summed E-state index contributed by atoms with van der Waals surface area (Å²) in [6, 6.07) is 30.7. The third-order valence-corrected chi connectivity index (χ3v) is 8.06. The number of carbonyl (C=O) groups excluding carboxylic acids is 1. The number of carbonyl (C=O) groups is 1. The van der Waals surface area contributed by atoms with Gasteiger partial charge >= 0.3 is 6.09 Å². The lowest BCUT2D eigenvalue weighted by molar-refractivity contribution is 0.139. The molecule has 0 saturated carbocycles. The van der Waals surface area contributed by atoms with Gasteiger partial charge in [0.05, 0.1) is 30.1 Å². The molecule has 6 rings (SSSR count). The Kier molecular flexibility index (Phi) is 7.25. The van der Waals surface area contributed by atoms with E-state index in [1.54, 1.807) is 17.7 Å². The van der Waals surface area contributed by atoms with Gasteiger partial charge in [-0.15, -0.1) is 0 Å². The lowest BCUT2D eigenvalue weighted by Crippen LogP contribution is -2.33. The van der Waals surface area contributed by atoms with E-state index in [9.17, 15) is 9.59 Å². The van der Waals surface area contributed by atoms with Gasteiger partial charge in [0, 0.05) is 11.6 Å². The molecule has 1 N–H and O–H groups in total. The SMILES string of the molecule is COc1ccc(Cn2c(C(C)NC(=O)OCC3c4ccccc4-c4ccccc43)cc3cccc(Cl)c3c2=O)cc1. The monoisotopic (exact) mass is 564 g/mol. The Balaban J connectivity index is 1.26. The summed E-state index contributed by atoms with van der Waals surface area (Å²) in [4.78, 5) is 26.8. The Morgan fingerprint density at radius 3 is 2.24 bits per heavy atom. The molecule has 1 aliphatic carbocycles. The number of nitrogens with one attached hydrogen (secondary N) is 1. The molecule has 0 radical (unpaired) electrons. The molecular weight excluding hydrogens is 536 g/mol. The van der Waals surface area contributed by atoms with Crippen LogP contribution >= 0.6 is 11.6 Å². The Morgan fingerprint density at radius 1 is 0.927 bits per heavy atom. The zero-order chi connectivity index (χ0) is 28.5.